The van der Waals surface area contributed by atoms with Crippen LogP contribution in [0.2, 0.25) is 0 Å². The van der Waals surface area contributed by atoms with E-state index in [4.69, 9.17) is 11.6 Å². The van der Waals surface area contributed by atoms with Gasteiger partial charge in [0.05, 0.1) is 0 Å². The molecule has 0 amide bonds. The molecular weight excluding hydrogens is 296 g/mol. The van der Waals surface area contributed by atoms with E-state index in [1.165, 1.54) is 19.3 Å². The molecular formula is C14H25ClN2O2S. The Labute approximate surface area is 127 Å². The highest BCUT2D eigenvalue weighted by atomic mass is 35.5. The van der Waals surface area contributed by atoms with Gasteiger partial charge in [0.1, 0.15) is 0 Å². The second-order valence-electron chi connectivity index (χ2n) is 6.54. The van der Waals surface area contributed by atoms with Gasteiger partial charge in [0.25, 0.3) is 10.2 Å². The molecule has 20 heavy (non-hydrogen) atoms. The lowest BCUT2D eigenvalue weighted by molar-refractivity contribution is 0.178. The number of hydrogen-bond donors (Lipinski definition) is 0. The molecule has 0 aromatic rings. The van der Waals surface area contributed by atoms with Crippen LogP contribution in [0.15, 0.2) is 0 Å². The van der Waals surface area contributed by atoms with Crippen molar-refractivity contribution in [3.63, 3.8) is 0 Å². The zero-order chi connectivity index (χ0) is 14.2. The largest absolute Gasteiger partial charge is 0.282 e. The van der Waals surface area contributed by atoms with Crippen LogP contribution in [0.3, 0.4) is 0 Å². The van der Waals surface area contributed by atoms with E-state index in [-0.39, 0.29) is 6.04 Å². The molecule has 3 aliphatic rings. The minimum Gasteiger partial charge on any atom is -0.195 e. The van der Waals surface area contributed by atoms with Gasteiger partial charge in [0, 0.05) is 31.6 Å². The zero-order valence-corrected chi connectivity index (χ0v) is 13.6. The van der Waals surface area contributed by atoms with E-state index in [0.29, 0.717) is 37.4 Å². The summed E-state index contributed by atoms with van der Waals surface area (Å²) in [7, 11) is -3.27. The summed E-state index contributed by atoms with van der Waals surface area (Å²) in [6, 6.07) is 0.269. The average Bonchev–Trinajstić information content (AvgIpc) is 2.95. The van der Waals surface area contributed by atoms with Gasteiger partial charge < -0.3 is 0 Å². The molecule has 3 fully saturated rings. The Balaban J connectivity index is 1.76. The summed E-state index contributed by atoms with van der Waals surface area (Å²) in [5, 5.41) is 0. The van der Waals surface area contributed by atoms with Crippen LogP contribution in [0, 0.1) is 11.8 Å². The van der Waals surface area contributed by atoms with E-state index in [9.17, 15) is 8.42 Å². The minimum atomic E-state index is -3.27. The topological polar surface area (TPSA) is 40.6 Å². The molecule has 2 saturated heterocycles. The summed E-state index contributed by atoms with van der Waals surface area (Å²) >= 11 is 5.94. The molecule has 3 rings (SSSR count). The van der Waals surface area contributed by atoms with Crippen molar-refractivity contribution in [3.05, 3.63) is 0 Å². The molecule has 3 atom stereocenters. The second-order valence-corrected chi connectivity index (χ2v) is 8.73. The molecule has 1 aliphatic carbocycles. The SMILES string of the molecule is O=S(=O)(N1CCCC(CCl)C1)N1CCCC2CCCC21. The fourth-order valence-electron chi connectivity index (χ4n) is 4.21. The average molecular weight is 321 g/mol. The van der Waals surface area contributed by atoms with E-state index in [0.717, 1.165) is 25.7 Å². The maximum absolute atomic E-state index is 13.0. The Morgan fingerprint density at radius 1 is 1.00 bits per heavy atom. The molecule has 4 nitrogen and oxygen atoms in total. The van der Waals surface area contributed by atoms with Gasteiger partial charge in [0.15, 0.2) is 0 Å². The number of halogens is 1. The molecule has 3 unspecified atom stereocenters. The van der Waals surface area contributed by atoms with Gasteiger partial charge in [-0.25, -0.2) is 0 Å². The Hall–Kier alpha value is 0.160. The van der Waals surface area contributed by atoms with Crippen molar-refractivity contribution in [3.8, 4) is 0 Å². The lowest BCUT2D eigenvalue weighted by atomic mass is 9.94. The molecule has 0 aromatic heterocycles. The van der Waals surface area contributed by atoms with Crippen molar-refractivity contribution < 1.29 is 8.42 Å². The summed E-state index contributed by atoms with van der Waals surface area (Å²) in [4.78, 5) is 0. The highest BCUT2D eigenvalue weighted by Gasteiger charge is 2.43. The van der Waals surface area contributed by atoms with Gasteiger partial charge in [-0.15, -0.1) is 11.6 Å². The van der Waals surface area contributed by atoms with Crippen molar-refractivity contribution in [2.75, 3.05) is 25.5 Å². The van der Waals surface area contributed by atoms with Crippen LogP contribution >= 0.6 is 11.6 Å². The van der Waals surface area contributed by atoms with Crippen molar-refractivity contribution in [2.24, 2.45) is 11.8 Å². The lowest BCUT2D eigenvalue weighted by Crippen LogP contribution is -2.54. The Morgan fingerprint density at radius 2 is 1.75 bits per heavy atom. The van der Waals surface area contributed by atoms with Gasteiger partial charge in [-0.3, -0.25) is 0 Å². The first-order valence-electron chi connectivity index (χ1n) is 7.96. The zero-order valence-electron chi connectivity index (χ0n) is 12.0. The highest BCUT2D eigenvalue weighted by molar-refractivity contribution is 7.86. The van der Waals surface area contributed by atoms with E-state index in [2.05, 4.69) is 0 Å². The maximum Gasteiger partial charge on any atom is 0.282 e. The summed E-state index contributed by atoms with van der Waals surface area (Å²) in [6.07, 6.45) is 7.68. The predicted octanol–water partition coefficient (Wildman–Crippen LogP) is 2.45. The Bertz CT molecular complexity index is 442. The van der Waals surface area contributed by atoms with Crippen LogP contribution in [0.1, 0.15) is 44.9 Å². The van der Waals surface area contributed by atoms with Crippen molar-refractivity contribution >= 4 is 21.8 Å². The van der Waals surface area contributed by atoms with Crippen LogP contribution in [-0.4, -0.2) is 48.6 Å². The number of nitrogens with zero attached hydrogens (tertiary/aromatic N) is 2. The standard InChI is InChI=1S/C14H25ClN2O2S/c15-10-12-4-2-8-16(11-12)20(18,19)17-9-3-6-13-5-1-7-14(13)17/h12-14H,1-11H2. The third-order valence-electron chi connectivity index (χ3n) is 5.26. The van der Waals surface area contributed by atoms with Crippen molar-refractivity contribution in [1.82, 2.24) is 8.61 Å². The number of piperidine rings is 2. The lowest BCUT2D eigenvalue weighted by Gasteiger charge is -2.41. The normalized spacial score (nSPS) is 37.0. The van der Waals surface area contributed by atoms with E-state index in [1.54, 1.807) is 4.31 Å². The van der Waals surface area contributed by atoms with Crippen LogP contribution in [0.4, 0.5) is 0 Å². The fourth-order valence-corrected chi connectivity index (χ4v) is 6.49. The van der Waals surface area contributed by atoms with Crippen molar-refractivity contribution in [1.29, 1.82) is 0 Å². The monoisotopic (exact) mass is 320 g/mol. The molecule has 0 radical (unpaired) electrons. The molecule has 1 saturated carbocycles. The smallest absolute Gasteiger partial charge is 0.195 e. The summed E-state index contributed by atoms with van der Waals surface area (Å²) in [5.74, 6) is 1.49. The first-order chi connectivity index (χ1) is 9.63. The number of alkyl halides is 1. The number of hydrogen-bond acceptors (Lipinski definition) is 2. The number of fused-ring (bicyclic) bond motifs is 1. The van der Waals surface area contributed by atoms with Gasteiger partial charge in [-0.05, 0) is 50.4 Å². The molecule has 6 heteroatoms. The molecule has 0 N–H and O–H groups in total. The van der Waals surface area contributed by atoms with Gasteiger partial charge >= 0.3 is 0 Å². The van der Waals surface area contributed by atoms with E-state index in [1.807, 2.05) is 4.31 Å². The van der Waals surface area contributed by atoms with Crippen molar-refractivity contribution in [2.45, 2.75) is 51.0 Å². The molecule has 2 heterocycles. The summed E-state index contributed by atoms with van der Waals surface area (Å²) in [5.41, 5.74) is 0. The summed E-state index contributed by atoms with van der Waals surface area (Å²) in [6.45, 7) is 1.99. The number of rotatable bonds is 3. The first kappa shape index (κ1) is 15.1. The highest BCUT2D eigenvalue weighted by Crippen LogP contribution is 2.39. The fraction of sp³-hybridized carbons (Fsp3) is 1.00. The van der Waals surface area contributed by atoms with E-state index < -0.39 is 10.2 Å². The van der Waals surface area contributed by atoms with Gasteiger partial charge in [-0.1, -0.05) is 6.42 Å². The molecule has 0 bridgehead atoms. The van der Waals surface area contributed by atoms with Crippen LogP contribution in [0.25, 0.3) is 0 Å². The molecule has 2 aliphatic heterocycles. The van der Waals surface area contributed by atoms with Crippen LogP contribution in [0.5, 0.6) is 0 Å². The summed E-state index contributed by atoms with van der Waals surface area (Å²) < 4.78 is 29.4. The molecule has 0 spiro atoms. The quantitative estimate of drug-likeness (QED) is 0.749. The van der Waals surface area contributed by atoms with Crippen LogP contribution in [-0.2, 0) is 10.2 Å². The Morgan fingerprint density at radius 3 is 2.55 bits per heavy atom. The van der Waals surface area contributed by atoms with Gasteiger partial charge in [-0.2, -0.15) is 17.0 Å². The van der Waals surface area contributed by atoms with E-state index >= 15 is 0 Å². The second kappa shape index (κ2) is 6.11. The minimum absolute atomic E-state index is 0.269. The molecule has 116 valence electrons. The third-order valence-corrected chi connectivity index (χ3v) is 7.73. The Kier molecular flexibility index (Phi) is 4.60. The maximum atomic E-state index is 13.0. The predicted molar refractivity (Wildman–Crippen MR) is 81.0 cm³/mol. The third kappa shape index (κ3) is 2.74. The van der Waals surface area contributed by atoms with Gasteiger partial charge in [0.2, 0.25) is 0 Å². The first-order valence-corrected chi connectivity index (χ1v) is 9.89. The molecule has 0 aromatic carbocycles. The van der Waals surface area contributed by atoms with Crippen LogP contribution < -0.4 is 0 Å².